The Kier molecular flexibility index (Phi) is 5.96. The van der Waals surface area contributed by atoms with Gasteiger partial charge in [-0.1, -0.05) is 17.7 Å². The summed E-state index contributed by atoms with van der Waals surface area (Å²) >= 11 is 5.84. The topological polar surface area (TPSA) is 67.4 Å². The molecule has 0 unspecified atom stereocenters. The first-order valence-electron chi connectivity index (χ1n) is 8.59. The Bertz CT molecular complexity index is 999. The van der Waals surface area contributed by atoms with Crippen molar-refractivity contribution < 1.29 is 14.3 Å². The lowest BCUT2D eigenvalue weighted by Gasteiger charge is -2.11. The van der Waals surface area contributed by atoms with Crippen molar-refractivity contribution in [3.63, 3.8) is 0 Å². The fourth-order valence-electron chi connectivity index (χ4n) is 2.62. The maximum atomic E-state index is 12.5. The minimum atomic E-state index is -0.284. The van der Waals surface area contributed by atoms with Crippen LogP contribution in [0.15, 0.2) is 66.7 Å². The smallest absolute Gasteiger partial charge is 0.255 e. The number of ether oxygens (including phenoxy) is 1. The van der Waals surface area contributed by atoms with Crippen LogP contribution in [0.4, 0.5) is 11.4 Å². The molecule has 28 heavy (non-hydrogen) atoms. The quantitative estimate of drug-likeness (QED) is 0.628. The average Bonchev–Trinajstić information content (AvgIpc) is 2.70. The van der Waals surface area contributed by atoms with E-state index in [4.69, 9.17) is 16.3 Å². The van der Waals surface area contributed by atoms with Gasteiger partial charge in [-0.15, -0.1) is 0 Å². The molecule has 5 nitrogen and oxygen atoms in total. The molecular formula is C22H19ClN2O3. The highest BCUT2D eigenvalue weighted by molar-refractivity contribution is 6.30. The Morgan fingerprint density at radius 3 is 1.96 bits per heavy atom. The highest BCUT2D eigenvalue weighted by Crippen LogP contribution is 2.25. The lowest BCUT2D eigenvalue weighted by molar-refractivity contribution is 0.101. The van der Waals surface area contributed by atoms with Crippen LogP contribution in [0, 0.1) is 6.92 Å². The zero-order valence-electron chi connectivity index (χ0n) is 15.5. The summed E-state index contributed by atoms with van der Waals surface area (Å²) in [4.78, 5) is 24.8. The number of halogens is 1. The summed E-state index contributed by atoms with van der Waals surface area (Å²) in [5, 5.41) is 6.21. The van der Waals surface area contributed by atoms with E-state index in [1.54, 1.807) is 61.7 Å². The zero-order valence-corrected chi connectivity index (χ0v) is 16.2. The molecule has 0 radical (unpaired) electrons. The molecule has 0 bridgehead atoms. The van der Waals surface area contributed by atoms with Crippen LogP contribution in [0.3, 0.4) is 0 Å². The maximum absolute atomic E-state index is 12.5. The number of amides is 2. The van der Waals surface area contributed by atoms with E-state index in [1.165, 1.54) is 0 Å². The maximum Gasteiger partial charge on any atom is 0.255 e. The number of nitrogens with one attached hydrogen (secondary N) is 2. The Hall–Kier alpha value is -3.31. The molecule has 3 aromatic rings. The minimum Gasteiger partial charge on any atom is -0.495 e. The number of hydrogen-bond acceptors (Lipinski definition) is 3. The summed E-state index contributed by atoms with van der Waals surface area (Å²) in [6, 6.07) is 18.8. The van der Waals surface area contributed by atoms with E-state index in [1.807, 2.05) is 19.1 Å². The van der Waals surface area contributed by atoms with Crippen LogP contribution in [0.1, 0.15) is 26.3 Å². The number of hydrogen-bond donors (Lipinski definition) is 2. The number of benzene rings is 3. The number of rotatable bonds is 5. The van der Waals surface area contributed by atoms with E-state index < -0.39 is 0 Å². The molecule has 0 saturated heterocycles. The lowest BCUT2D eigenvalue weighted by atomic mass is 10.1. The van der Waals surface area contributed by atoms with E-state index in [-0.39, 0.29) is 11.8 Å². The highest BCUT2D eigenvalue weighted by atomic mass is 35.5. The molecule has 3 aromatic carbocycles. The first kappa shape index (κ1) is 19.5. The van der Waals surface area contributed by atoms with E-state index in [2.05, 4.69) is 10.6 Å². The molecule has 0 atom stereocenters. The number of carbonyl (C=O) groups is 2. The zero-order chi connectivity index (χ0) is 20.1. The molecule has 0 fully saturated rings. The largest absolute Gasteiger partial charge is 0.495 e. The molecule has 2 N–H and O–H groups in total. The molecule has 0 spiro atoms. The summed E-state index contributed by atoms with van der Waals surface area (Å²) in [6.07, 6.45) is 0. The number of aryl methyl sites for hydroxylation is 1. The summed E-state index contributed by atoms with van der Waals surface area (Å²) in [5.74, 6) is 0.0288. The standard InChI is InChI=1S/C22H19ClN2O3/c1-14-3-12-20(28-2)19(13-14)25-22(27)16-6-4-15(5-7-16)21(26)24-18-10-8-17(23)9-11-18/h3-13H,1-2H3,(H,24,26)(H,25,27). The molecule has 0 aliphatic carbocycles. The van der Waals surface area contributed by atoms with Crippen molar-refractivity contribution in [1.82, 2.24) is 0 Å². The van der Waals surface area contributed by atoms with Gasteiger partial charge in [-0.05, 0) is 73.2 Å². The van der Waals surface area contributed by atoms with Gasteiger partial charge in [-0.25, -0.2) is 0 Å². The van der Waals surface area contributed by atoms with Crippen molar-refractivity contribution in [2.75, 3.05) is 17.7 Å². The molecule has 6 heteroatoms. The minimum absolute atomic E-state index is 0.269. The third-order valence-electron chi connectivity index (χ3n) is 4.11. The molecule has 3 rings (SSSR count). The van der Waals surface area contributed by atoms with Crippen molar-refractivity contribution in [3.05, 3.63) is 88.4 Å². The van der Waals surface area contributed by atoms with Gasteiger partial charge in [0.2, 0.25) is 0 Å². The Balaban J connectivity index is 1.69. The van der Waals surface area contributed by atoms with Crippen LogP contribution in [-0.2, 0) is 0 Å². The van der Waals surface area contributed by atoms with E-state index >= 15 is 0 Å². The van der Waals surface area contributed by atoms with Gasteiger partial charge in [0, 0.05) is 21.8 Å². The second-order valence-corrected chi connectivity index (χ2v) is 6.63. The van der Waals surface area contributed by atoms with Crippen LogP contribution in [-0.4, -0.2) is 18.9 Å². The van der Waals surface area contributed by atoms with Gasteiger partial charge in [-0.3, -0.25) is 9.59 Å². The summed E-state index contributed by atoms with van der Waals surface area (Å²) in [6.45, 7) is 1.93. The molecule has 2 amide bonds. The first-order valence-corrected chi connectivity index (χ1v) is 8.97. The van der Waals surface area contributed by atoms with Gasteiger partial charge in [-0.2, -0.15) is 0 Å². The van der Waals surface area contributed by atoms with Crippen LogP contribution in [0.25, 0.3) is 0 Å². The van der Waals surface area contributed by atoms with Gasteiger partial charge < -0.3 is 15.4 Å². The molecule has 0 saturated carbocycles. The van der Waals surface area contributed by atoms with Crippen molar-refractivity contribution in [1.29, 1.82) is 0 Å². The van der Waals surface area contributed by atoms with Gasteiger partial charge in [0.1, 0.15) is 5.75 Å². The van der Waals surface area contributed by atoms with Gasteiger partial charge in [0.05, 0.1) is 12.8 Å². The average molecular weight is 395 g/mol. The van der Waals surface area contributed by atoms with Crippen molar-refractivity contribution >= 4 is 34.8 Å². The fraction of sp³-hybridized carbons (Fsp3) is 0.0909. The number of methoxy groups -OCH3 is 1. The normalized spacial score (nSPS) is 10.2. The van der Waals surface area contributed by atoms with Gasteiger partial charge >= 0.3 is 0 Å². The molecule has 0 heterocycles. The Labute approximate surface area is 168 Å². The predicted molar refractivity (Wildman–Crippen MR) is 112 cm³/mol. The highest BCUT2D eigenvalue weighted by Gasteiger charge is 2.12. The molecule has 0 aromatic heterocycles. The Morgan fingerprint density at radius 2 is 1.39 bits per heavy atom. The van der Waals surface area contributed by atoms with Crippen LogP contribution in [0.2, 0.25) is 5.02 Å². The predicted octanol–water partition coefficient (Wildman–Crippen LogP) is 5.16. The van der Waals surface area contributed by atoms with Crippen molar-refractivity contribution in [2.45, 2.75) is 6.92 Å². The van der Waals surface area contributed by atoms with E-state index in [0.717, 1.165) is 5.56 Å². The monoisotopic (exact) mass is 394 g/mol. The van der Waals surface area contributed by atoms with Crippen molar-refractivity contribution in [2.24, 2.45) is 0 Å². The van der Waals surface area contributed by atoms with Gasteiger partial charge in [0.25, 0.3) is 11.8 Å². The fourth-order valence-corrected chi connectivity index (χ4v) is 2.75. The molecule has 0 aliphatic rings. The third kappa shape index (κ3) is 4.69. The van der Waals surface area contributed by atoms with Crippen molar-refractivity contribution in [3.8, 4) is 5.75 Å². The lowest BCUT2D eigenvalue weighted by Crippen LogP contribution is -2.14. The third-order valence-corrected chi connectivity index (χ3v) is 4.37. The van der Waals surface area contributed by atoms with Crippen LogP contribution < -0.4 is 15.4 Å². The molecule has 142 valence electrons. The summed E-state index contributed by atoms with van der Waals surface area (Å²) in [5.41, 5.74) is 3.12. The van der Waals surface area contributed by atoms with E-state index in [0.29, 0.717) is 33.3 Å². The van der Waals surface area contributed by atoms with Crippen LogP contribution in [0.5, 0.6) is 5.75 Å². The Morgan fingerprint density at radius 1 is 0.821 bits per heavy atom. The number of carbonyl (C=O) groups excluding carboxylic acids is 2. The van der Waals surface area contributed by atoms with E-state index in [9.17, 15) is 9.59 Å². The SMILES string of the molecule is COc1ccc(C)cc1NC(=O)c1ccc(C(=O)Nc2ccc(Cl)cc2)cc1. The molecule has 0 aliphatic heterocycles. The number of anilines is 2. The molecular weight excluding hydrogens is 376 g/mol. The van der Waals surface area contributed by atoms with Gasteiger partial charge in [0.15, 0.2) is 0 Å². The first-order chi connectivity index (χ1) is 13.5. The van der Waals surface area contributed by atoms with Crippen LogP contribution >= 0.6 is 11.6 Å². The second kappa shape index (κ2) is 8.59. The summed E-state index contributed by atoms with van der Waals surface area (Å²) < 4.78 is 5.28. The second-order valence-electron chi connectivity index (χ2n) is 6.20. The summed E-state index contributed by atoms with van der Waals surface area (Å²) in [7, 11) is 1.55.